The van der Waals surface area contributed by atoms with Gasteiger partial charge in [0, 0.05) is 37.8 Å². The van der Waals surface area contributed by atoms with Crippen molar-refractivity contribution in [1.29, 1.82) is 0 Å². The van der Waals surface area contributed by atoms with Crippen molar-refractivity contribution in [3.63, 3.8) is 0 Å². The molecule has 5 nitrogen and oxygen atoms in total. The number of hydrogen-bond donors (Lipinski definition) is 2. The molecule has 1 amide bonds. The molecule has 122 valence electrons. The second-order valence-electron chi connectivity index (χ2n) is 5.53. The van der Waals surface area contributed by atoms with Crippen LogP contribution >= 0.6 is 0 Å². The van der Waals surface area contributed by atoms with Crippen LogP contribution in [0.25, 0.3) is 0 Å². The zero-order chi connectivity index (χ0) is 16.7. The zero-order valence-corrected chi connectivity index (χ0v) is 13.8. The number of carbonyl (C=O) groups is 1. The number of ether oxygens (including phenoxy) is 1. The van der Waals surface area contributed by atoms with Crippen molar-refractivity contribution in [2.45, 2.75) is 20.3 Å². The molecule has 1 aromatic carbocycles. The van der Waals surface area contributed by atoms with Crippen LogP contribution in [0.4, 0.5) is 11.4 Å². The third kappa shape index (κ3) is 5.38. The quantitative estimate of drug-likeness (QED) is 0.769. The highest BCUT2D eigenvalue weighted by Crippen LogP contribution is 2.15. The van der Waals surface area contributed by atoms with Crippen LogP contribution in [0.3, 0.4) is 0 Å². The fourth-order valence-electron chi connectivity index (χ4n) is 2.36. The largest absolute Gasteiger partial charge is 0.385 e. The molecule has 0 saturated heterocycles. The molecule has 0 unspecified atom stereocenters. The number of amides is 1. The highest BCUT2D eigenvalue weighted by Gasteiger charge is 2.09. The Labute approximate surface area is 137 Å². The first kappa shape index (κ1) is 17.0. The van der Waals surface area contributed by atoms with E-state index in [9.17, 15) is 4.79 Å². The van der Waals surface area contributed by atoms with Gasteiger partial charge in [-0.05, 0) is 55.7 Å². The molecule has 0 aliphatic heterocycles. The Hall–Kier alpha value is -2.40. The van der Waals surface area contributed by atoms with Crippen molar-refractivity contribution < 1.29 is 9.53 Å². The number of methoxy groups -OCH3 is 1. The lowest BCUT2D eigenvalue weighted by Crippen LogP contribution is -2.14. The van der Waals surface area contributed by atoms with E-state index in [1.165, 1.54) is 0 Å². The van der Waals surface area contributed by atoms with Crippen molar-refractivity contribution in [1.82, 2.24) is 4.98 Å². The maximum absolute atomic E-state index is 12.3. The number of nitrogens with zero attached hydrogens (tertiary/aromatic N) is 1. The fraction of sp³-hybridized carbons (Fsp3) is 0.333. The first-order chi connectivity index (χ1) is 11.1. The molecule has 1 aromatic heterocycles. The Morgan fingerprint density at radius 3 is 2.57 bits per heavy atom. The molecule has 0 radical (unpaired) electrons. The van der Waals surface area contributed by atoms with E-state index in [1.807, 2.05) is 32.0 Å². The molecule has 0 aliphatic carbocycles. The Balaban J connectivity index is 2.01. The molecule has 2 rings (SSSR count). The van der Waals surface area contributed by atoms with E-state index < -0.39 is 0 Å². The zero-order valence-electron chi connectivity index (χ0n) is 13.8. The standard InChI is InChI=1S/C18H23N3O2/c1-13-9-14(2)11-16(10-13)21-18(22)17-12-15(5-7-20-17)19-6-4-8-23-3/h5,7,9-12H,4,6,8H2,1-3H3,(H,19,20)(H,21,22). The maximum atomic E-state index is 12.3. The second-order valence-corrected chi connectivity index (χ2v) is 5.53. The van der Waals surface area contributed by atoms with Crippen LogP contribution in [0.5, 0.6) is 0 Å². The van der Waals surface area contributed by atoms with Crippen LogP contribution in [-0.2, 0) is 4.74 Å². The van der Waals surface area contributed by atoms with Crippen LogP contribution in [-0.4, -0.2) is 31.2 Å². The molecule has 5 heteroatoms. The van der Waals surface area contributed by atoms with Gasteiger partial charge in [-0.2, -0.15) is 0 Å². The minimum atomic E-state index is -0.212. The molecule has 2 aromatic rings. The number of pyridine rings is 1. The van der Waals surface area contributed by atoms with Crippen molar-refractivity contribution in [2.24, 2.45) is 0 Å². The van der Waals surface area contributed by atoms with Crippen molar-refractivity contribution in [3.8, 4) is 0 Å². The Bertz CT molecular complexity index is 651. The van der Waals surface area contributed by atoms with E-state index in [4.69, 9.17) is 4.74 Å². The fourth-order valence-corrected chi connectivity index (χ4v) is 2.36. The van der Waals surface area contributed by atoms with Crippen molar-refractivity contribution >= 4 is 17.3 Å². The summed E-state index contributed by atoms with van der Waals surface area (Å²) in [6.45, 7) is 5.51. The molecular weight excluding hydrogens is 290 g/mol. The number of anilines is 2. The highest BCUT2D eigenvalue weighted by atomic mass is 16.5. The smallest absolute Gasteiger partial charge is 0.274 e. The SMILES string of the molecule is COCCCNc1ccnc(C(=O)Nc2cc(C)cc(C)c2)c1. The van der Waals surface area contributed by atoms with E-state index in [1.54, 1.807) is 19.4 Å². The van der Waals surface area contributed by atoms with Gasteiger partial charge in [0.1, 0.15) is 5.69 Å². The topological polar surface area (TPSA) is 63.2 Å². The average molecular weight is 313 g/mol. The number of nitrogens with one attached hydrogen (secondary N) is 2. The van der Waals surface area contributed by atoms with Gasteiger partial charge in [-0.15, -0.1) is 0 Å². The third-order valence-corrected chi connectivity index (χ3v) is 3.33. The second kappa shape index (κ2) is 8.29. The number of carbonyl (C=O) groups excluding carboxylic acids is 1. The monoisotopic (exact) mass is 313 g/mol. The predicted molar refractivity (Wildman–Crippen MR) is 93.1 cm³/mol. The van der Waals surface area contributed by atoms with Crippen LogP contribution in [0.1, 0.15) is 28.0 Å². The summed E-state index contributed by atoms with van der Waals surface area (Å²) in [5.41, 5.74) is 4.28. The highest BCUT2D eigenvalue weighted by molar-refractivity contribution is 6.03. The number of aromatic nitrogens is 1. The molecule has 23 heavy (non-hydrogen) atoms. The molecule has 0 bridgehead atoms. The van der Waals surface area contributed by atoms with E-state index in [2.05, 4.69) is 21.7 Å². The number of rotatable bonds is 7. The molecule has 0 fully saturated rings. The van der Waals surface area contributed by atoms with Gasteiger partial charge in [0.15, 0.2) is 0 Å². The molecule has 0 aliphatic rings. The summed E-state index contributed by atoms with van der Waals surface area (Å²) in [4.78, 5) is 16.5. The summed E-state index contributed by atoms with van der Waals surface area (Å²) in [5.74, 6) is -0.212. The predicted octanol–water partition coefficient (Wildman–Crippen LogP) is 3.40. The lowest BCUT2D eigenvalue weighted by atomic mass is 10.1. The summed E-state index contributed by atoms with van der Waals surface area (Å²) in [5, 5.41) is 6.15. The van der Waals surface area contributed by atoms with Crippen LogP contribution in [0.15, 0.2) is 36.5 Å². The van der Waals surface area contributed by atoms with Crippen molar-refractivity contribution in [2.75, 3.05) is 30.9 Å². The summed E-state index contributed by atoms with van der Waals surface area (Å²) >= 11 is 0. The molecule has 1 heterocycles. The van der Waals surface area contributed by atoms with E-state index in [0.29, 0.717) is 12.3 Å². The lowest BCUT2D eigenvalue weighted by Gasteiger charge is -2.09. The van der Waals surface area contributed by atoms with Gasteiger partial charge >= 0.3 is 0 Å². The van der Waals surface area contributed by atoms with Gasteiger partial charge in [0.05, 0.1) is 0 Å². The van der Waals surface area contributed by atoms with Gasteiger partial charge in [-0.3, -0.25) is 9.78 Å². The molecule has 0 atom stereocenters. The first-order valence-electron chi connectivity index (χ1n) is 7.67. The van der Waals surface area contributed by atoms with Crippen LogP contribution < -0.4 is 10.6 Å². The summed E-state index contributed by atoms with van der Waals surface area (Å²) < 4.78 is 5.01. The number of benzene rings is 1. The molecular formula is C18H23N3O2. The minimum Gasteiger partial charge on any atom is -0.385 e. The van der Waals surface area contributed by atoms with Gasteiger partial charge in [0.2, 0.25) is 0 Å². The minimum absolute atomic E-state index is 0.212. The van der Waals surface area contributed by atoms with Gasteiger partial charge < -0.3 is 15.4 Å². The Morgan fingerprint density at radius 2 is 1.87 bits per heavy atom. The number of aryl methyl sites for hydroxylation is 2. The summed E-state index contributed by atoms with van der Waals surface area (Å²) in [6.07, 6.45) is 2.54. The first-order valence-corrected chi connectivity index (χ1v) is 7.67. The average Bonchev–Trinajstić information content (AvgIpc) is 2.51. The maximum Gasteiger partial charge on any atom is 0.274 e. The van der Waals surface area contributed by atoms with Crippen molar-refractivity contribution in [3.05, 3.63) is 53.3 Å². The third-order valence-electron chi connectivity index (χ3n) is 3.33. The van der Waals surface area contributed by atoms with Gasteiger partial charge in [0.25, 0.3) is 5.91 Å². The van der Waals surface area contributed by atoms with Crippen LogP contribution in [0.2, 0.25) is 0 Å². The normalized spacial score (nSPS) is 10.4. The summed E-state index contributed by atoms with van der Waals surface area (Å²) in [7, 11) is 1.68. The lowest BCUT2D eigenvalue weighted by molar-refractivity contribution is 0.102. The molecule has 0 spiro atoms. The van der Waals surface area contributed by atoms with E-state index in [-0.39, 0.29) is 5.91 Å². The molecule has 2 N–H and O–H groups in total. The number of hydrogen-bond acceptors (Lipinski definition) is 4. The van der Waals surface area contributed by atoms with Gasteiger partial charge in [-0.1, -0.05) is 6.07 Å². The summed E-state index contributed by atoms with van der Waals surface area (Å²) in [6, 6.07) is 9.55. The molecule has 0 saturated carbocycles. The van der Waals surface area contributed by atoms with Gasteiger partial charge in [-0.25, -0.2) is 0 Å². The Kier molecular flexibility index (Phi) is 6.11. The van der Waals surface area contributed by atoms with E-state index in [0.717, 1.165) is 35.5 Å². The van der Waals surface area contributed by atoms with E-state index >= 15 is 0 Å². The Morgan fingerprint density at radius 1 is 1.13 bits per heavy atom. The van der Waals surface area contributed by atoms with Crippen LogP contribution in [0, 0.1) is 13.8 Å².